The molecule has 2 aliphatic carbocycles. The Morgan fingerprint density at radius 2 is 1.73 bits per heavy atom. The first-order valence-corrected chi connectivity index (χ1v) is 12.1. The summed E-state index contributed by atoms with van der Waals surface area (Å²) in [5, 5.41) is 12.2. The first-order valence-electron chi connectivity index (χ1n) is 12.1. The minimum absolute atomic E-state index is 0.192. The number of piperazine rings is 1. The number of fused-ring (bicyclic) bond motifs is 1. The lowest BCUT2D eigenvalue weighted by Crippen LogP contribution is -2.50. The third kappa shape index (κ3) is 4.38. The molecule has 1 saturated heterocycles. The number of hydrogen-bond donors (Lipinski definition) is 1. The Balaban J connectivity index is 1.25. The predicted octanol–water partition coefficient (Wildman–Crippen LogP) is 4.13. The molecule has 1 atom stereocenters. The standard InChI is InChI=1S/C27H30N4O2/c28-18-19-5-3-8-21(17-19)26(32)29-24-10-4-9-23-22(24)11-12-25(23)30-13-15-31(16-14-30)27(33)20-6-1-2-7-20/h3-5,8-10,17,20,25H,1-2,6-7,11-16H2,(H,29,32). The Labute approximate surface area is 195 Å². The highest BCUT2D eigenvalue weighted by atomic mass is 16.2. The van der Waals surface area contributed by atoms with Crippen molar-refractivity contribution in [2.24, 2.45) is 5.92 Å². The van der Waals surface area contributed by atoms with Gasteiger partial charge in [0.1, 0.15) is 0 Å². The first kappa shape index (κ1) is 21.7. The molecule has 0 bridgehead atoms. The number of carbonyl (C=O) groups is 2. The Hall–Kier alpha value is -3.17. The van der Waals surface area contributed by atoms with Gasteiger partial charge in [-0.2, -0.15) is 5.26 Å². The Morgan fingerprint density at radius 3 is 2.48 bits per heavy atom. The normalized spacial score (nSPS) is 20.9. The van der Waals surface area contributed by atoms with Crippen LogP contribution in [0, 0.1) is 17.2 Å². The second-order valence-corrected chi connectivity index (χ2v) is 9.42. The van der Waals surface area contributed by atoms with E-state index in [2.05, 4.69) is 27.3 Å². The van der Waals surface area contributed by atoms with Gasteiger partial charge in [0.2, 0.25) is 5.91 Å². The zero-order valence-corrected chi connectivity index (χ0v) is 18.9. The number of rotatable bonds is 4. The fraction of sp³-hybridized carbons (Fsp3) is 0.444. The average molecular weight is 443 g/mol. The van der Waals surface area contributed by atoms with E-state index in [1.807, 2.05) is 12.1 Å². The van der Waals surface area contributed by atoms with E-state index in [0.717, 1.165) is 57.5 Å². The Bertz CT molecular complexity index is 1090. The molecule has 1 N–H and O–H groups in total. The maximum absolute atomic E-state index is 12.8. The number of nitriles is 1. The average Bonchev–Trinajstić information content (AvgIpc) is 3.55. The van der Waals surface area contributed by atoms with Gasteiger partial charge in [-0.05, 0) is 61.1 Å². The molecule has 2 aromatic carbocycles. The zero-order chi connectivity index (χ0) is 22.8. The van der Waals surface area contributed by atoms with E-state index in [1.165, 1.54) is 24.0 Å². The maximum atomic E-state index is 12.8. The molecule has 33 heavy (non-hydrogen) atoms. The fourth-order valence-electron chi connectivity index (χ4n) is 5.74. The molecule has 0 radical (unpaired) electrons. The van der Waals surface area contributed by atoms with Crippen molar-refractivity contribution in [1.29, 1.82) is 5.26 Å². The van der Waals surface area contributed by atoms with Crippen LogP contribution in [0.3, 0.4) is 0 Å². The SMILES string of the molecule is N#Cc1cccc(C(=O)Nc2cccc3c2CCC3N2CCN(C(=O)C3CCCC3)CC2)c1. The lowest BCUT2D eigenvalue weighted by molar-refractivity contribution is -0.137. The maximum Gasteiger partial charge on any atom is 0.255 e. The molecule has 2 aromatic rings. The van der Waals surface area contributed by atoms with E-state index in [0.29, 0.717) is 23.1 Å². The van der Waals surface area contributed by atoms with Gasteiger partial charge < -0.3 is 10.2 Å². The van der Waals surface area contributed by atoms with Gasteiger partial charge in [-0.1, -0.05) is 31.0 Å². The van der Waals surface area contributed by atoms with Crippen molar-refractivity contribution < 1.29 is 9.59 Å². The van der Waals surface area contributed by atoms with Crippen molar-refractivity contribution in [1.82, 2.24) is 9.80 Å². The lowest BCUT2D eigenvalue weighted by atomic mass is 10.0. The predicted molar refractivity (Wildman–Crippen MR) is 127 cm³/mol. The van der Waals surface area contributed by atoms with Crippen LogP contribution in [0.2, 0.25) is 0 Å². The van der Waals surface area contributed by atoms with Crippen molar-refractivity contribution in [2.45, 2.75) is 44.6 Å². The van der Waals surface area contributed by atoms with Crippen LogP contribution < -0.4 is 5.32 Å². The molecule has 5 rings (SSSR count). The molecule has 1 unspecified atom stereocenters. The number of anilines is 1. The minimum Gasteiger partial charge on any atom is -0.340 e. The Morgan fingerprint density at radius 1 is 0.970 bits per heavy atom. The number of hydrogen-bond acceptors (Lipinski definition) is 4. The summed E-state index contributed by atoms with van der Waals surface area (Å²) in [4.78, 5) is 30.2. The quantitative estimate of drug-likeness (QED) is 0.772. The number of nitrogens with one attached hydrogen (secondary N) is 1. The van der Waals surface area contributed by atoms with Gasteiger partial charge in [0.25, 0.3) is 5.91 Å². The molecular weight excluding hydrogens is 412 g/mol. The highest BCUT2D eigenvalue weighted by Gasteiger charge is 2.34. The monoisotopic (exact) mass is 442 g/mol. The number of amides is 2. The molecule has 1 heterocycles. The molecule has 2 fully saturated rings. The summed E-state index contributed by atoms with van der Waals surface area (Å²) in [6.45, 7) is 3.43. The molecule has 0 spiro atoms. The molecule has 3 aliphatic rings. The van der Waals surface area contributed by atoms with E-state index < -0.39 is 0 Å². The highest BCUT2D eigenvalue weighted by Crippen LogP contribution is 2.40. The smallest absolute Gasteiger partial charge is 0.255 e. The lowest BCUT2D eigenvalue weighted by Gasteiger charge is -2.39. The van der Waals surface area contributed by atoms with Crippen molar-refractivity contribution >= 4 is 17.5 Å². The largest absolute Gasteiger partial charge is 0.340 e. The number of carbonyl (C=O) groups excluding carboxylic acids is 2. The molecule has 0 aromatic heterocycles. The molecule has 6 heteroatoms. The second kappa shape index (κ2) is 9.36. The van der Waals surface area contributed by atoms with E-state index in [-0.39, 0.29) is 11.8 Å². The summed E-state index contributed by atoms with van der Waals surface area (Å²) in [6.07, 6.45) is 6.46. The van der Waals surface area contributed by atoms with Gasteiger partial charge in [0.15, 0.2) is 0 Å². The number of nitrogens with zero attached hydrogens (tertiary/aromatic N) is 3. The van der Waals surface area contributed by atoms with Crippen LogP contribution in [0.1, 0.15) is 65.2 Å². The summed E-state index contributed by atoms with van der Waals surface area (Å²) in [5.41, 5.74) is 4.32. The fourth-order valence-corrected chi connectivity index (χ4v) is 5.74. The number of benzene rings is 2. The van der Waals surface area contributed by atoms with Crippen molar-refractivity contribution in [3.05, 3.63) is 64.7 Å². The van der Waals surface area contributed by atoms with Crippen LogP contribution in [-0.2, 0) is 11.2 Å². The highest BCUT2D eigenvalue weighted by molar-refractivity contribution is 6.05. The van der Waals surface area contributed by atoms with Gasteiger partial charge in [0.05, 0.1) is 11.6 Å². The van der Waals surface area contributed by atoms with Crippen LogP contribution in [0.15, 0.2) is 42.5 Å². The summed E-state index contributed by atoms with van der Waals surface area (Å²) in [7, 11) is 0. The summed E-state index contributed by atoms with van der Waals surface area (Å²) in [6, 6.07) is 15.4. The van der Waals surface area contributed by atoms with E-state index in [1.54, 1.807) is 24.3 Å². The van der Waals surface area contributed by atoms with Gasteiger partial charge >= 0.3 is 0 Å². The van der Waals surface area contributed by atoms with Crippen molar-refractivity contribution in [3.8, 4) is 6.07 Å². The van der Waals surface area contributed by atoms with Crippen LogP contribution >= 0.6 is 0 Å². The van der Waals surface area contributed by atoms with Crippen LogP contribution in [0.5, 0.6) is 0 Å². The summed E-state index contributed by atoms with van der Waals surface area (Å²) in [5.74, 6) is 0.427. The first-order chi connectivity index (χ1) is 16.1. The molecule has 1 saturated carbocycles. The summed E-state index contributed by atoms with van der Waals surface area (Å²) < 4.78 is 0. The van der Waals surface area contributed by atoms with Crippen LogP contribution in [0.4, 0.5) is 5.69 Å². The molecule has 6 nitrogen and oxygen atoms in total. The van der Waals surface area contributed by atoms with E-state index in [4.69, 9.17) is 5.26 Å². The zero-order valence-electron chi connectivity index (χ0n) is 18.9. The second-order valence-electron chi connectivity index (χ2n) is 9.42. The van der Waals surface area contributed by atoms with Crippen LogP contribution in [0.25, 0.3) is 0 Å². The molecule has 1 aliphatic heterocycles. The van der Waals surface area contributed by atoms with Crippen LogP contribution in [-0.4, -0.2) is 47.8 Å². The Kier molecular flexibility index (Phi) is 6.15. The minimum atomic E-state index is -0.192. The van der Waals surface area contributed by atoms with Gasteiger partial charge in [-0.25, -0.2) is 0 Å². The van der Waals surface area contributed by atoms with Crippen molar-refractivity contribution in [2.75, 3.05) is 31.5 Å². The third-order valence-corrected chi connectivity index (χ3v) is 7.51. The molecule has 170 valence electrons. The van der Waals surface area contributed by atoms with Gasteiger partial charge in [-0.3, -0.25) is 14.5 Å². The molecular formula is C27H30N4O2. The van der Waals surface area contributed by atoms with Crippen molar-refractivity contribution in [3.63, 3.8) is 0 Å². The van der Waals surface area contributed by atoms with Gasteiger partial charge in [-0.15, -0.1) is 0 Å². The van der Waals surface area contributed by atoms with E-state index >= 15 is 0 Å². The van der Waals surface area contributed by atoms with Gasteiger partial charge in [0, 0.05) is 49.4 Å². The molecule has 2 amide bonds. The third-order valence-electron chi connectivity index (χ3n) is 7.51. The van der Waals surface area contributed by atoms with E-state index in [9.17, 15) is 9.59 Å². The topological polar surface area (TPSA) is 76.4 Å². The summed E-state index contributed by atoms with van der Waals surface area (Å²) >= 11 is 0.